The standard InChI is InChI=1S/C6H6O2.H2O4S/c7-5-1-2-6(8)4-3-5;1-5(2,3)4/h1-4,7-8H;(H2,1,2,3,4). The van der Waals surface area contributed by atoms with Crippen molar-refractivity contribution in [1.82, 2.24) is 0 Å². The molecule has 0 aliphatic heterocycles. The van der Waals surface area contributed by atoms with Crippen molar-refractivity contribution in [2.45, 2.75) is 0 Å². The van der Waals surface area contributed by atoms with Crippen molar-refractivity contribution in [3.8, 4) is 11.5 Å². The Morgan fingerprint density at radius 2 is 1.00 bits per heavy atom. The smallest absolute Gasteiger partial charge is 0.394 e. The fourth-order valence-electron chi connectivity index (χ4n) is 0.453. The number of aromatic hydroxyl groups is 2. The molecule has 74 valence electrons. The molecular formula is C6H8O6S. The summed E-state index contributed by atoms with van der Waals surface area (Å²) in [5.41, 5.74) is 0. The number of hydrogen-bond acceptors (Lipinski definition) is 4. The summed E-state index contributed by atoms with van der Waals surface area (Å²) in [6.45, 7) is 0. The van der Waals surface area contributed by atoms with Gasteiger partial charge < -0.3 is 10.2 Å². The monoisotopic (exact) mass is 208 g/mol. The van der Waals surface area contributed by atoms with Crippen LogP contribution in [-0.2, 0) is 10.4 Å². The van der Waals surface area contributed by atoms with Crippen molar-refractivity contribution in [2.24, 2.45) is 0 Å². The highest BCUT2D eigenvalue weighted by atomic mass is 32.3. The molecule has 6 nitrogen and oxygen atoms in total. The van der Waals surface area contributed by atoms with E-state index in [0.29, 0.717) is 0 Å². The van der Waals surface area contributed by atoms with Crippen molar-refractivity contribution in [2.75, 3.05) is 0 Å². The molecule has 4 N–H and O–H groups in total. The van der Waals surface area contributed by atoms with Gasteiger partial charge in [-0.1, -0.05) is 0 Å². The quantitative estimate of drug-likeness (QED) is 0.363. The normalized spacial score (nSPS) is 10.0. The van der Waals surface area contributed by atoms with E-state index in [1.54, 1.807) is 0 Å². The molecule has 1 aromatic carbocycles. The molecule has 0 unspecified atom stereocenters. The van der Waals surface area contributed by atoms with Gasteiger partial charge in [-0.05, 0) is 24.3 Å². The van der Waals surface area contributed by atoms with E-state index in [-0.39, 0.29) is 11.5 Å². The van der Waals surface area contributed by atoms with Gasteiger partial charge in [-0.3, -0.25) is 9.11 Å². The Bertz CT molecular complexity index is 311. The van der Waals surface area contributed by atoms with Crippen LogP contribution in [-0.4, -0.2) is 27.7 Å². The first-order valence-corrected chi connectivity index (χ1v) is 4.36. The van der Waals surface area contributed by atoms with Crippen LogP contribution in [0.15, 0.2) is 24.3 Å². The van der Waals surface area contributed by atoms with Crippen molar-refractivity contribution in [3.63, 3.8) is 0 Å². The minimum atomic E-state index is -4.67. The van der Waals surface area contributed by atoms with Gasteiger partial charge in [0.05, 0.1) is 0 Å². The Labute approximate surface area is 74.7 Å². The van der Waals surface area contributed by atoms with Crippen LogP contribution >= 0.6 is 0 Å². The van der Waals surface area contributed by atoms with Gasteiger partial charge in [-0.15, -0.1) is 0 Å². The van der Waals surface area contributed by atoms with Crippen LogP contribution in [0.25, 0.3) is 0 Å². The predicted molar refractivity (Wildman–Crippen MR) is 43.9 cm³/mol. The molecule has 0 fully saturated rings. The van der Waals surface area contributed by atoms with Crippen LogP contribution in [0.5, 0.6) is 11.5 Å². The number of rotatable bonds is 0. The van der Waals surface area contributed by atoms with E-state index in [9.17, 15) is 0 Å². The summed E-state index contributed by atoms with van der Waals surface area (Å²) in [5.74, 6) is 0.339. The lowest BCUT2D eigenvalue weighted by Crippen LogP contribution is -1.89. The van der Waals surface area contributed by atoms with E-state index in [1.807, 2.05) is 0 Å². The summed E-state index contributed by atoms with van der Waals surface area (Å²) >= 11 is 0. The minimum Gasteiger partial charge on any atom is -0.508 e. The molecule has 1 aromatic rings. The Balaban J connectivity index is 0.000000252. The zero-order valence-corrected chi connectivity index (χ0v) is 7.14. The maximum absolute atomic E-state index is 8.74. The van der Waals surface area contributed by atoms with Crippen LogP contribution in [0.1, 0.15) is 0 Å². The topological polar surface area (TPSA) is 115 Å². The molecule has 0 heterocycles. The van der Waals surface area contributed by atoms with Gasteiger partial charge in [0.2, 0.25) is 0 Å². The molecule has 13 heavy (non-hydrogen) atoms. The van der Waals surface area contributed by atoms with Crippen LogP contribution < -0.4 is 0 Å². The Kier molecular flexibility index (Phi) is 4.18. The van der Waals surface area contributed by atoms with Gasteiger partial charge >= 0.3 is 10.4 Å². The fraction of sp³-hybridized carbons (Fsp3) is 0. The maximum Gasteiger partial charge on any atom is 0.394 e. The molecule has 0 radical (unpaired) electrons. The summed E-state index contributed by atoms with van der Waals surface area (Å²) in [5, 5.41) is 17.3. The first kappa shape index (κ1) is 11.7. The summed E-state index contributed by atoms with van der Waals surface area (Å²) in [7, 11) is -4.67. The average molecular weight is 208 g/mol. The van der Waals surface area contributed by atoms with Gasteiger partial charge in [0.25, 0.3) is 0 Å². The van der Waals surface area contributed by atoms with Crippen molar-refractivity contribution in [3.05, 3.63) is 24.3 Å². The third kappa shape index (κ3) is 10.7. The van der Waals surface area contributed by atoms with Crippen LogP contribution in [0.2, 0.25) is 0 Å². The second kappa shape index (κ2) is 4.65. The molecule has 0 atom stereocenters. The molecule has 0 saturated carbocycles. The van der Waals surface area contributed by atoms with Crippen molar-refractivity contribution < 1.29 is 27.7 Å². The fourth-order valence-corrected chi connectivity index (χ4v) is 0.453. The van der Waals surface area contributed by atoms with E-state index >= 15 is 0 Å². The number of benzene rings is 1. The van der Waals surface area contributed by atoms with E-state index in [1.165, 1.54) is 24.3 Å². The Morgan fingerprint density at radius 3 is 1.15 bits per heavy atom. The summed E-state index contributed by atoms with van der Waals surface area (Å²) in [6, 6.07) is 5.70. The Hall–Kier alpha value is -1.31. The predicted octanol–water partition coefficient (Wildman–Crippen LogP) is 0.445. The summed E-state index contributed by atoms with van der Waals surface area (Å²) in [4.78, 5) is 0. The molecule has 0 amide bonds. The first-order chi connectivity index (χ1) is 5.79. The molecule has 0 aromatic heterocycles. The van der Waals surface area contributed by atoms with Crippen molar-refractivity contribution >= 4 is 10.4 Å². The largest absolute Gasteiger partial charge is 0.508 e. The SMILES string of the molecule is O=S(=O)(O)O.Oc1ccc(O)cc1. The van der Waals surface area contributed by atoms with Gasteiger partial charge in [-0.25, -0.2) is 0 Å². The lowest BCUT2D eigenvalue weighted by molar-refractivity contribution is 0.381. The summed E-state index contributed by atoms with van der Waals surface area (Å²) in [6.07, 6.45) is 0. The van der Waals surface area contributed by atoms with Crippen molar-refractivity contribution in [1.29, 1.82) is 0 Å². The van der Waals surface area contributed by atoms with Gasteiger partial charge in [0, 0.05) is 0 Å². The van der Waals surface area contributed by atoms with Crippen LogP contribution in [0.3, 0.4) is 0 Å². The van der Waals surface area contributed by atoms with Gasteiger partial charge in [-0.2, -0.15) is 8.42 Å². The Morgan fingerprint density at radius 1 is 0.846 bits per heavy atom. The highest BCUT2D eigenvalue weighted by Gasteiger charge is 1.85. The molecular weight excluding hydrogens is 200 g/mol. The third-order valence-corrected chi connectivity index (χ3v) is 0.850. The zero-order chi connectivity index (χ0) is 10.5. The van der Waals surface area contributed by atoms with Crippen LogP contribution in [0.4, 0.5) is 0 Å². The second-order valence-corrected chi connectivity index (χ2v) is 2.86. The van der Waals surface area contributed by atoms with Gasteiger partial charge in [0.15, 0.2) is 0 Å². The van der Waals surface area contributed by atoms with E-state index < -0.39 is 10.4 Å². The van der Waals surface area contributed by atoms with E-state index in [4.69, 9.17) is 27.7 Å². The molecule has 0 bridgehead atoms. The first-order valence-electron chi connectivity index (χ1n) is 2.97. The average Bonchev–Trinajstić information content (AvgIpc) is 1.92. The lowest BCUT2D eigenvalue weighted by Gasteiger charge is -1.88. The molecule has 0 spiro atoms. The molecule has 1 rings (SSSR count). The molecule has 0 aliphatic rings. The third-order valence-electron chi connectivity index (χ3n) is 0.850. The van der Waals surface area contributed by atoms with E-state index in [0.717, 1.165) is 0 Å². The second-order valence-electron chi connectivity index (χ2n) is 1.96. The molecule has 0 saturated heterocycles. The molecule has 0 aliphatic carbocycles. The van der Waals surface area contributed by atoms with Gasteiger partial charge in [0.1, 0.15) is 11.5 Å². The maximum atomic E-state index is 8.74. The number of phenolic OH excluding ortho intramolecular Hbond substituents is 2. The molecule has 7 heteroatoms. The lowest BCUT2D eigenvalue weighted by atomic mass is 10.3. The highest BCUT2D eigenvalue weighted by molar-refractivity contribution is 7.79. The minimum absolute atomic E-state index is 0.169. The van der Waals surface area contributed by atoms with E-state index in [2.05, 4.69) is 0 Å². The zero-order valence-electron chi connectivity index (χ0n) is 6.32. The number of phenols is 2. The number of hydrogen-bond donors (Lipinski definition) is 4. The van der Waals surface area contributed by atoms with Crippen LogP contribution in [0, 0.1) is 0 Å². The highest BCUT2D eigenvalue weighted by Crippen LogP contribution is 2.13. The summed E-state index contributed by atoms with van der Waals surface area (Å²) < 4.78 is 31.6.